The van der Waals surface area contributed by atoms with Crippen LogP contribution in [0.2, 0.25) is 0 Å². The monoisotopic (exact) mass is 206 g/mol. The smallest absolute Gasteiger partial charge is 0.316 e. The maximum atomic E-state index is 11.3. The lowest BCUT2D eigenvalue weighted by Gasteiger charge is -2.08. The lowest BCUT2D eigenvalue weighted by molar-refractivity contribution is -0.152. The molecule has 0 heterocycles. The van der Waals surface area contributed by atoms with Gasteiger partial charge in [0, 0.05) is 0 Å². The summed E-state index contributed by atoms with van der Waals surface area (Å²) in [7, 11) is 0. The van der Waals surface area contributed by atoms with Crippen molar-refractivity contribution in [2.45, 2.75) is 20.5 Å². The molecule has 0 amide bonds. The minimum absolute atomic E-state index is 0.173. The van der Waals surface area contributed by atoms with E-state index in [2.05, 4.69) is 0 Å². The van der Waals surface area contributed by atoms with Gasteiger partial charge in [-0.3, -0.25) is 9.59 Å². The summed E-state index contributed by atoms with van der Waals surface area (Å²) in [5.41, 5.74) is 0.918. The van der Waals surface area contributed by atoms with Crippen LogP contribution >= 0.6 is 0 Å². The second-order valence-electron chi connectivity index (χ2n) is 3.43. The Kier molecular flexibility index (Phi) is 4.03. The number of hydrogen-bond acceptors (Lipinski definition) is 3. The van der Waals surface area contributed by atoms with Gasteiger partial charge in [0.05, 0.1) is 0 Å². The van der Waals surface area contributed by atoms with Crippen LogP contribution in [0.3, 0.4) is 0 Å². The largest absolute Gasteiger partial charge is 0.460 e. The Bertz CT molecular complexity index is 343. The molecule has 80 valence electrons. The van der Waals surface area contributed by atoms with Crippen LogP contribution in [0.5, 0.6) is 0 Å². The predicted octanol–water partition coefficient (Wildman–Crippen LogP) is 1.95. The lowest BCUT2D eigenvalue weighted by atomic mass is 10.1. The number of benzene rings is 1. The fourth-order valence-corrected chi connectivity index (χ4v) is 1.02. The molecule has 0 saturated heterocycles. The molecule has 0 bridgehead atoms. The Balaban J connectivity index is 2.44. The second kappa shape index (κ2) is 5.29. The average molecular weight is 206 g/mol. The number of rotatable bonds is 4. The molecule has 0 unspecified atom stereocenters. The van der Waals surface area contributed by atoms with Crippen LogP contribution in [0.4, 0.5) is 0 Å². The first-order valence-electron chi connectivity index (χ1n) is 4.82. The molecule has 0 aromatic heterocycles. The summed E-state index contributed by atoms with van der Waals surface area (Å²) in [6.45, 7) is 3.15. The van der Waals surface area contributed by atoms with Crippen LogP contribution < -0.4 is 0 Å². The van der Waals surface area contributed by atoms with Gasteiger partial charge in [-0.2, -0.15) is 0 Å². The standard InChI is InChI=1S/C12H14O3/c1-9(10(2)13)12(14)15-8-11-6-4-3-5-7-11/h3-7,9H,8H2,1-2H3/t9-/m0/s1. The molecular weight excluding hydrogens is 192 g/mol. The van der Waals surface area contributed by atoms with Gasteiger partial charge in [0.2, 0.25) is 0 Å². The van der Waals surface area contributed by atoms with Crippen molar-refractivity contribution in [1.29, 1.82) is 0 Å². The molecule has 0 radical (unpaired) electrons. The van der Waals surface area contributed by atoms with Crippen LogP contribution in [-0.4, -0.2) is 11.8 Å². The highest BCUT2D eigenvalue weighted by Gasteiger charge is 2.18. The van der Waals surface area contributed by atoms with Gasteiger partial charge in [-0.25, -0.2) is 0 Å². The van der Waals surface area contributed by atoms with E-state index in [0.717, 1.165) is 5.56 Å². The molecule has 1 aromatic rings. The van der Waals surface area contributed by atoms with Crippen LogP contribution in [0, 0.1) is 5.92 Å². The molecule has 0 saturated carbocycles. The molecule has 0 spiro atoms. The van der Waals surface area contributed by atoms with E-state index in [1.165, 1.54) is 6.92 Å². The fraction of sp³-hybridized carbons (Fsp3) is 0.333. The number of hydrogen-bond donors (Lipinski definition) is 0. The van der Waals surface area contributed by atoms with E-state index < -0.39 is 11.9 Å². The minimum atomic E-state index is -0.672. The summed E-state index contributed by atoms with van der Waals surface area (Å²) < 4.78 is 4.99. The lowest BCUT2D eigenvalue weighted by Crippen LogP contribution is -2.20. The molecule has 15 heavy (non-hydrogen) atoms. The van der Waals surface area contributed by atoms with Crippen molar-refractivity contribution in [3.63, 3.8) is 0 Å². The van der Waals surface area contributed by atoms with Crippen molar-refractivity contribution in [1.82, 2.24) is 0 Å². The normalized spacial score (nSPS) is 11.9. The van der Waals surface area contributed by atoms with E-state index in [0.29, 0.717) is 0 Å². The zero-order valence-corrected chi connectivity index (χ0v) is 8.90. The first kappa shape index (κ1) is 11.4. The quantitative estimate of drug-likeness (QED) is 0.558. The number of esters is 1. The third-order valence-corrected chi connectivity index (χ3v) is 2.19. The summed E-state index contributed by atoms with van der Waals surface area (Å²) in [5.74, 6) is -1.31. The van der Waals surface area contributed by atoms with Gasteiger partial charge in [-0.1, -0.05) is 30.3 Å². The zero-order chi connectivity index (χ0) is 11.3. The molecule has 3 heteroatoms. The number of carbonyl (C=O) groups excluding carboxylic acids is 2. The summed E-state index contributed by atoms with van der Waals surface area (Å²) >= 11 is 0. The molecule has 0 N–H and O–H groups in total. The highest BCUT2D eigenvalue weighted by molar-refractivity contribution is 5.97. The van der Waals surface area contributed by atoms with E-state index in [9.17, 15) is 9.59 Å². The molecule has 0 aliphatic rings. The SMILES string of the molecule is CC(=O)[C@H](C)C(=O)OCc1ccccc1. The molecule has 3 nitrogen and oxygen atoms in total. The Morgan fingerprint density at radius 3 is 2.40 bits per heavy atom. The number of ether oxygens (including phenoxy) is 1. The van der Waals surface area contributed by atoms with Crippen molar-refractivity contribution in [3.05, 3.63) is 35.9 Å². The number of Topliss-reactive ketones (excluding diaryl/α,β-unsaturated/α-hetero) is 1. The molecule has 1 rings (SSSR count). The fourth-order valence-electron chi connectivity index (χ4n) is 1.02. The topological polar surface area (TPSA) is 43.4 Å². The molecule has 1 aromatic carbocycles. The van der Waals surface area contributed by atoms with Crippen molar-refractivity contribution >= 4 is 11.8 Å². The van der Waals surface area contributed by atoms with Gasteiger partial charge < -0.3 is 4.74 Å². The van der Waals surface area contributed by atoms with Crippen LogP contribution in [0.1, 0.15) is 19.4 Å². The van der Waals surface area contributed by atoms with Crippen molar-refractivity contribution in [3.8, 4) is 0 Å². The highest BCUT2D eigenvalue weighted by Crippen LogP contribution is 2.05. The maximum absolute atomic E-state index is 11.3. The van der Waals surface area contributed by atoms with E-state index in [-0.39, 0.29) is 12.4 Å². The number of ketones is 1. The molecule has 0 fully saturated rings. The predicted molar refractivity (Wildman–Crippen MR) is 56.1 cm³/mol. The van der Waals surface area contributed by atoms with Crippen molar-refractivity contribution in [2.24, 2.45) is 5.92 Å². The summed E-state index contributed by atoms with van der Waals surface area (Å²) in [4.78, 5) is 22.2. The molecule has 0 aliphatic heterocycles. The van der Waals surface area contributed by atoms with Crippen LogP contribution in [0.15, 0.2) is 30.3 Å². The third kappa shape index (κ3) is 3.54. The first-order chi connectivity index (χ1) is 7.11. The van der Waals surface area contributed by atoms with E-state index >= 15 is 0 Å². The van der Waals surface area contributed by atoms with Gasteiger partial charge in [0.15, 0.2) is 0 Å². The Labute approximate surface area is 89.1 Å². The van der Waals surface area contributed by atoms with E-state index in [1.807, 2.05) is 30.3 Å². The average Bonchev–Trinajstić information content (AvgIpc) is 2.26. The zero-order valence-electron chi connectivity index (χ0n) is 8.90. The summed E-state index contributed by atoms with van der Waals surface area (Å²) in [6.07, 6.45) is 0. The van der Waals surface area contributed by atoms with Crippen LogP contribution in [0.25, 0.3) is 0 Å². The maximum Gasteiger partial charge on any atom is 0.316 e. The molecule has 1 atom stereocenters. The summed E-state index contributed by atoms with van der Waals surface area (Å²) in [5, 5.41) is 0. The van der Waals surface area contributed by atoms with Crippen molar-refractivity contribution in [2.75, 3.05) is 0 Å². The Hall–Kier alpha value is -1.64. The van der Waals surface area contributed by atoms with Gasteiger partial charge in [-0.15, -0.1) is 0 Å². The van der Waals surface area contributed by atoms with Gasteiger partial charge in [-0.05, 0) is 19.4 Å². The van der Waals surface area contributed by atoms with Crippen LogP contribution in [-0.2, 0) is 20.9 Å². The first-order valence-corrected chi connectivity index (χ1v) is 4.82. The van der Waals surface area contributed by atoms with E-state index in [1.54, 1.807) is 6.92 Å². The Morgan fingerprint density at radius 1 is 1.27 bits per heavy atom. The van der Waals surface area contributed by atoms with Crippen molar-refractivity contribution < 1.29 is 14.3 Å². The third-order valence-electron chi connectivity index (χ3n) is 2.19. The second-order valence-corrected chi connectivity index (χ2v) is 3.43. The molecule has 0 aliphatic carbocycles. The Morgan fingerprint density at radius 2 is 1.87 bits per heavy atom. The summed E-state index contributed by atoms with van der Waals surface area (Å²) in [6, 6.07) is 9.37. The van der Waals surface area contributed by atoms with E-state index in [4.69, 9.17) is 4.74 Å². The molecular formula is C12H14O3. The minimum Gasteiger partial charge on any atom is -0.460 e. The van der Waals surface area contributed by atoms with Gasteiger partial charge in [0.25, 0.3) is 0 Å². The highest BCUT2D eigenvalue weighted by atomic mass is 16.5. The van der Waals surface area contributed by atoms with Gasteiger partial charge >= 0.3 is 5.97 Å². The number of carbonyl (C=O) groups is 2. The van der Waals surface area contributed by atoms with Gasteiger partial charge in [0.1, 0.15) is 18.3 Å².